The number of carbonyl (C=O) groups excluding carboxylic acids is 1. The number of halogens is 2. The third-order valence-electron chi connectivity index (χ3n) is 4.39. The molecular formula is C16H17Cl2NO2. The van der Waals surface area contributed by atoms with E-state index in [1.54, 1.807) is 13.2 Å². The molecule has 1 fully saturated rings. The number of amides is 1. The van der Waals surface area contributed by atoms with Gasteiger partial charge in [0.2, 0.25) is 0 Å². The lowest BCUT2D eigenvalue weighted by molar-refractivity contribution is -0.116. The Kier molecular flexibility index (Phi) is 3.76. The number of methoxy groups -OCH3 is 1. The van der Waals surface area contributed by atoms with Crippen molar-refractivity contribution in [3.8, 4) is 0 Å². The van der Waals surface area contributed by atoms with E-state index in [9.17, 15) is 4.79 Å². The number of carbonyl (C=O) groups is 1. The van der Waals surface area contributed by atoms with Crippen LogP contribution in [0.4, 0.5) is 0 Å². The molecule has 1 aliphatic heterocycles. The van der Waals surface area contributed by atoms with E-state index in [0.29, 0.717) is 15.6 Å². The normalized spacial score (nSPS) is 28.1. The zero-order valence-corrected chi connectivity index (χ0v) is 13.5. The number of ether oxygens (including phenoxy) is 1. The summed E-state index contributed by atoms with van der Waals surface area (Å²) in [5, 5.41) is 4.20. The van der Waals surface area contributed by atoms with Gasteiger partial charge in [-0.05, 0) is 43.5 Å². The van der Waals surface area contributed by atoms with Crippen molar-refractivity contribution >= 4 is 34.7 Å². The summed E-state index contributed by atoms with van der Waals surface area (Å²) in [5.41, 5.74) is 2.04. The van der Waals surface area contributed by atoms with Crippen molar-refractivity contribution in [3.05, 3.63) is 39.4 Å². The van der Waals surface area contributed by atoms with E-state index in [0.717, 1.165) is 30.4 Å². The van der Waals surface area contributed by atoms with Gasteiger partial charge in [0.1, 0.15) is 0 Å². The highest BCUT2D eigenvalue weighted by Crippen LogP contribution is 2.41. The summed E-state index contributed by atoms with van der Waals surface area (Å²) in [6.45, 7) is 1.92. The number of rotatable bonds is 2. The van der Waals surface area contributed by atoms with Crippen molar-refractivity contribution in [1.29, 1.82) is 0 Å². The van der Waals surface area contributed by atoms with Crippen LogP contribution >= 0.6 is 23.2 Å². The molecule has 0 aromatic heterocycles. The Hall–Kier alpha value is -1.03. The summed E-state index contributed by atoms with van der Waals surface area (Å²) in [4.78, 5) is 12.4. The molecule has 21 heavy (non-hydrogen) atoms. The lowest BCUT2D eigenvalue weighted by Gasteiger charge is -2.21. The Morgan fingerprint density at radius 1 is 1.38 bits per heavy atom. The first-order chi connectivity index (χ1) is 9.94. The number of aryl methyl sites for hydroxylation is 1. The van der Waals surface area contributed by atoms with Crippen molar-refractivity contribution in [1.82, 2.24) is 5.32 Å². The summed E-state index contributed by atoms with van der Waals surface area (Å²) in [7, 11) is 1.71. The van der Waals surface area contributed by atoms with Crippen molar-refractivity contribution in [2.75, 3.05) is 7.11 Å². The molecule has 1 N–H and O–H groups in total. The van der Waals surface area contributed by atoms with Gasteiger partial charge in [0.25, 0.3) is 5.91 Å². The molecule has 2 aliphatic rings. The highest BCUT2D eigenvalue weighted by molar-refractivity contribution is 6.38. The maximum absolute atomic E-state index is 12.4. The average molecular weight is 326 g/mol. The van der Waals surface area contributed by atoms with Crippen LogP contribution in [-0.2, 0) is 9.53 Å². The van der Waals surface area contributed by atoms with Gasteiger partial charge in [-0.25, -0.2) is 0 Å². The van der Waals surface area contributed by atoms with Crippen LogP contribution in [0, 0.1) is 6.92 Å². The van der Waals surface area contributed by atoms with E-state index >= 15 is 0 Å². The van der Waals surface area contributed by atoms with E-state index in [4.69, 9.17) is 27.9 Å². The standard InChI is InChI=1S/C16H17Cl2NO2/c1-9-5-10(17)6-13(18)14(9)12-8-16(19-15(12)20)4-3-11(7-16)21-2/h5-6,8,11H,3-4,7H2,1-2H3,(H,19,20). The Balaban J connectivity index is 2.01. The third kappa shape index (κ3) is 2.59. The summed E-state index contributed by atoms with van der Waals surface area (Å²) in [5.74, 6) is -0.0703. The highest BCUT2D eigenvalue weighted by Gasteiger charge is 2.44. The van der Waals surface area contributed by atoms with E-state index in [-0.39, 0.29) is 17.6 Å². The van der Waals surface area contributed by atoms with Crippen molar-refractivity contribution in [2.45, 2.75) is 37.8 Å². The first-order valence-corrected chi connectivity index (χ1v) is 7.74. The van der Waals surface area contributed by atoms with Crippen LogP contribution in [0.1, 0.15) is 30.4 Å². The quantitative estimate of drug-likeness (QED) is 0.899. The zero-order chi connectivity index (χ0) is 15.2. The molecule has 1 aromatic carbocycles. The van der Waals surface area contributed by atoms with Crippen LogP contribution in [0.25, 0.3) is 5.57 Å². The van der Waals surface area contributed by atoms with Gasteiger partial charge in [0.05, 0.1) is 16.7 Å². The van der Waals surface area contributed by atoms with Crippen LogP contribution in [0.5, 0.6) is 0 Å². The molecule has 2 unspecified atom stereocenters. The summed E-state index contributed by atoms with van der Waals surface area (Å²) >= 11 is 12.3. The first kappa shape index (κ1) is 14.9. The first-order valence-electron chi connectivity index (χ1n) is 6.98. The van der Waals surface area contributed by atoms with Crippen LogP contribution in [0.3, 0.4) is 0 Å². The molecule has 1 aromatic rings. The van der Waals surface area contributed by atoms with E-state index in [1.807, 2.05) is 19.1 Å². The Bertz CT molecular complexity index is 618. The number of hydrogen-bond donors (Lipinski definition) is 1. The summed E-state index contributed by atoms with van der Waals surface area (Å²) < 4.78 is 5.41. The molecule has 112 valence electrons. The zero-order valence-electron chi connectivity index (χ0n) is 12.0. The smallest absolute Gasteiger partial charge is 0.252 e. The van der Waals surface area contributed by atoms with Crippen LogP contribution in [0.2, 0.25) is 10.0 Å². The third-order valence-corrected chi connectivity index (χ3v) is 4.90. The van der Waals surface area contributed by atoms with Gasteiger partial charge < -0.3 is 10.1 Å². The Labute approximate surface area is 134 Å². The molecule has 1 aliphatic carbocycles. The van der Waals surface area contributed by atoms with Gasteiger partial charge in [-0.15, -0.1) is 0 Å². The fourth-order valence-corrected chi connectivity index (χ4v) is 4.07. The second kappa shape index (κ2) is 5.31. The van der Waals surface area contributed by atoms with Crippen molar-refractivity contribution in [3.63, 3.8) is 0 Å². The molecular weight excluding hydrogens is 309 g/mol. The minimum Gasteiger partial charge on any atom is -0.381 e. The number of hydrogen-bond acceptors (Lipinski definition) is 2. The van der Waals surface area contributed by atoms with Gasteiger partial charge in [-0.3, -0.25) is 4.79 Å². The largest absolute Gasteiger partial charge is 0.381 e. The number of benzene rings is 1. The molecule has 2 atom stereocenters. The highest BCUT2D eigenvalue weighted by atomic mass is 35.5. The summed E-state index contributed by atoms with van der Waals surface area (Å²) in [6.07, 6.45) is 4.88. The van der Waals surface area contributed by atoms with E-state index in [2.05, 4.69) is 5.32 Å². The predicted octanol–water partition coefficient (Wildman–Crippen LogP) is 3.75. The molecule has 1 amide bonds. The maximum Gasteiger partial charge on any atom is 0.252 e. The molecule has 3 rings (SSSR count). The molecule has 0 saturated heterocycles. The predicted molar refractivity (Wildman–Crippen MR) is 84.7 cm³/mol. The Morgan fingerprint density at radius 2 is 2.14 bits per heavy atom. The molecule has 1 saturated carbocycles. The SMILES string of the molecule is COC1CCC2(C=C(c3c(C)cc(Cl)cc3Cl)C(=O)N2)C1. The van der Waals surface area contributed by atoms with Gasteiger partial charge in [-0.1, -0.05) is 23.2 Å². The van der Waals surface area contributed by atoms with Crippen LogP contribution < -0.4 is 5.32 Å². The second-order valence-corrected chi connectivity index (χ2v) is 6.69. The summed E-state index contributed by atoms with van der Waals surface area (Å²) in [6, 6.07) is 3.51. The van der Waals surface area contributed by atoms with Crippen molar-refractivity contribution in [2.24, 2.45) is 0 Å². The molecule has 1 heterocycles. The number of nitrogens with one attached hydrogen (secondary N) is 1. The molecule has 3 nitrogen and oxygen atoms in total. The molecule has 0 bridgehead atoms. The monoisotopic (exact) mass is 325 g/mol. The minimum absolute atomic E-state index is 0.0703. The average Bonchev–Trinajstić information content (AvgIpc) is 2.93. The second-order valence-electron chi connectivity index (χ2n) is 5.85. The fourth-order valence-electron chi connectivity index (χ4n) is 3.38. The lowest BCUT2D eigenvalue weighted by atomic mass is 9.95. The van der Waals surface area contributed by atoms with Gasteiger partial charge in [0.15, 0.2) is 0 Å². The van der Waals surface area contributed by atoms with E-state index < -0.39 is 0 Å². The van der Waals surface area contributed by atoms with Gasteiger partial charge in [0, 0.05) is 29.7 Å². The van der Waals surface area contributed by atoms with Crippen LogP contribution in [-0.4, -0.2) is 24.7 Å². The lowest BCUT2D eigenvalue weighted by Crippen LogP contribution is -2.40. The molecule has 5 heteroatoms. The maximum atomic E-state index is 12.4. The minimum atomic E-state index is -0.289. The van der Waals surface area contributed by atoms with Crippen molar-refractivity contribution < 1.29 is 9.53 Å². The topological polar surface area (TPSA) is 38.3 Å². The van der Waals surface area contributed by atoms with Gasteiger partial charge >= 0.3 is 0 Å². The van der Waals surface area contributed by atoms with E-state index in [1.165, 1.54) is 0 Å². The molecule has 0 radical (unpaired) electrons. The fraction of sp³-hybridized carbons (Fsp3) is 0.438. The molecule has 1 spiro atoms. The van der Waals surface area contributed by atoms with Gasteiger partial charge in [-0.2, -0.15) is 0 Å². The van der Waals surface area contributed by atoms with Crippen LogP contribution in [0.15, 0.2) is 18.2 Å². The Morgan fingerprint density at radius 3 is 2.76 bits per heavy atom.